The molecule has 1 atom stereocenters. The van der Waals surface area contributed by atoms with Crippen LogP contribution in [0.1, 0.15) is 47.5 Å². The van der Waals surface area contributed by atoms with Crippen LogP contribution in [0.4, 0.5) is 0 Å². The lowest BCUT2D eigenvalue weighted by Crippen LogP contribution is -2.51. The van der Waals surface area contributed by atoms with Crippen LogP contribution in [0, 0.1) is 0 Å². The van der Waals surface area contributed by atoms with Crippen LogP contribution in [0.5, 0.6) is 0 Å². The fraction of sp³-hybridized carbons (Fsp3) is 0.933. The first-order chi connectivity index (χ1) is 8.83. The van der Waals surface area contributed by atoms with Crippen LogP contribution in [0.3, 0.4) is 0 Å². The smallest absolute Gasteiger partial charge is 0.223 e. The summed E-state index contributed by atoms with van der Waals surface area (Å²) in [4.78, 5) is 16.6. The third-order valence-electron chi connectivity index (χ3n) is 3.88. The van der Waals surface area contributed by atoms with Gasteiger partial charge in [-0.3, -0.25) is 9.69 Å². The zero-order chi connectivity index (χ0) is 14.5. The summed E-state index contributed by atoms with van der Waals surface area (Å²) in [5.74, 6) is 0.292. The van der Waals surface area contributed by atoms with E-state index in [0.29, 0.717) is 18.4 Å². The van der Waals surface area contributed by atoms with Gasteiger partial charge in [-0.15, -0.1) is 0 Å². The monoisotopic (exact) mass is 269 g/mol. The molecule has 1 N–H and O–H groups in total. The molecule has 1 rings (SSSR count). The molecule has 112 valence electrons. The van der Waals surface area contributed by atoms with E-state index in [9.17, 15) is 4.79 Å². The molecule has 1 saturated heterocycles. The van der Waals surface area contributed by atoms with Crippen LogP contribution in [-0.2, 0) is 4.79 Å². The zero-order valence-electron chi connectivity index (χ0n) is 13.3. The van der Waals surface area contributed by atoms with Gasteiger partial charge in [-0.1, -0.05) is 6.92 Å². The van der Waals surface area contributed by atoms with E-state index < -0.39 is 0 Å². The van der Waals surface area contributed by atoms with Crippen LogP contribution < -0.4 is 5.32 Å². The first-order valence-corrected chi connectivity index (χ1v) is 7.60. The highest BCUT2D eigenvalue weighted by Gasteiger charge is 2.23. The Morgan fingerprint density at radius 2 is 1.79 bits per heavy atom. The molecule has 0 aromatic carbocycles. The Bertz CT molecular complexity index is 278. The topological polar surface area (TPSA) is 35.6 Å². The van der Waals surface area contributed by atoms with Crippen LogP contribution >= 0.6 is 0 Å². The Morgan fingerprint density at radius 1 is 1.21 bits per heavy atom. The molecular formula is C15H31N3O. The second kappa shape index (κ2) is 7.25. The molecule has 0 aromatic rings. The van der Waals surface area contributed by atoms with Gasteiger partial charge < -0.3 is 10.2 Å². The van der Waals surface area contributed by atoms with Crippen molar-refractivity contribution >= 4 is 5.91 Å². The third-order valence-corrected chi connectivity index (χ3v) is 3.88. The molecular weight excluding hydrogens is 238 g/mol. The van der Waals surface area contributed by atoms with E-state index in [1.54, 1.807) is 0 Å². The quantitative estimate of drug-likeness (QED) is 0.825. The van der Waals surface area contributed by atoms with Gasteiger partial charge in [0, 0.05) is 50.7 Å². The highest BCUT2D eigenvalue weighted by atomic mass is 16.2. The van der Waals surface area contributed by atoms with Crippen molar-refractivity contribution in [1.82, 2.24) is 15.1 Å². The molecule has 4 heteroatoms. The van der Waals surface area contributed by atoms with Crippen molar-refractivity contribution in [2.24, 2.45) is 0 Å². The minimum atomic E-state index is 0.0928. The minimum Gasteiger partial charge on any atom is -0.340 e. The summed E-state index contributed by atoms with van der Waals surface area (Å²) in [5, 5.41) is 3.37. The lowest BCUT2D eigenvalue weighted by Gasteiger charge is -2.38. The largest absolute Gasteiger partial charge is 0.340 e. The average molecular weight is 269 g/mol. The van der Waals surface area contributed by atoms with E-state index in [4.69, 9.17) is 0 Å². The molecule has 1 fully saturated rings. The summed E-state index contributed by atoms with van der Waals surface area (Å²) in [6, 6.07) is 0.639. The molecule has 0 aromatic heterocycles. The fourth-order valence-corrected chi connectivity index (χ4v) is 2.37. The predicted octanol–water partition coefficient (Wildman–Crippen LogP) is 1.71. The maximum Gasteiger partial charge on any atom is 0.223 e. The summed E-state index contributed by atoms with van der Waals surface area (Å²) < 4.78 is 0. The van der Waals surface area contributed by atoms with E-state index in [-0.39, 0.29) is 5.54 Å². The number of amides is 1. The molecule has 4 nitrogen and oxygen atoms in total. The molecule has 0 saturated carbocycles. The summed E-state index contributed by atoms with van der Waals surface area (Å²) in [6.07, 6.45) is 1.80. The summed E-state index contributed by atoms with van der Waals surface area (Å²) in [6.45, 7) is 15.5. The van der Waals surface area contributed by atoms with Gasteiger partial charge in [0.25, 0.3) is 0 Å². The first kappa shape index (κ1) is 16.4. The lowest BCUT2D eigenvalue weighted by molar-refractivity contribution is -0.133. The normalized spacial score (nSPS) is 19.5. The Labute approximate surface area is 118 Å². The van der Waals surface area contributed by atoms with Gasteiger partial charge >= 0.3 is 0 Å². The molecule has 1 unspecified atom stereocenters. The maximum absolute atomic E-state index is 12.1. The molecule has 1 aliphatic rings. The molecule has 1 heterocycles. The van der Waals surface area contributed by atoms with Crippen LogP contribution in [-0.4, -0.2) is 60.0 Å². The Kier molecular flexibility index (Phi) is 6.27. The second-order valence-corrected chi connectivity index (χ2v) is 6.60. The van der Waals surface area contributed by atoms with Gasteiger partial charge in [0.15, 0.2) is 0 Å². The van der Waals surface area contributed by atoms with Gasteiger partial charge in [0.05, 0.1) is 0 Å². The molecule has 0 radical (unpaired) electrons. The fourth-order valence-electron chi connectivity index (χ4n) is 2.37. The maximum atomic E-state index is 12.1. The molecule has 19 heavy (non-hydrogen) atoms. The number of rotatable bonds is 5. The molecule has 1 aliphatic heterocycles. The van der Waals surface area contributed by atoms with E-state index in [1.807, 2.05) is 4.90 Å². The highest BCUT2D eigenvalue weighted by molar-refractivity contribution is 5.76. The van der Waals surface area contributed by atoms with Crippen molar-refractivity contribution in [1.29, 1.82) is 0 Å². The summed E-state index contributed by atoms with van der Waals surface area (Å²) in [7, 11) is 0. The van der Waals surface area contributed by atoms with Crippen molar-refractivity contribution in [3.63, 3.8) is 0 Å². The number of piperazine rings is 1. The van der Waals surface area contributed by atoms with E-state index in [0.717, 1.165) is 32.7 Å². The minimum absolute atomic E-state index is 0.0928. The first-order valence-electron chi connectivity index (χ1n) is 7.60. The second-order valence-electron chi connectivity index (χ2n) is 6.60. The van der Waals surface area contributed by atoms with Crippen molar-refractivity contribution in [3.8, 4) is 0 Å². The van der Waals surface area contributed by atoms with Crippen LogP contribution in [0.25, 0.3) is 0 Å². The van der Waals surface area contributed by atoms with Crippen molar-refractivity contribution in [2.75, 3.05) is 32.7 Å². The highest BCUT2D eigenvalue weighted by Crippen LogP contribution is 2.09. The van der Waals surface area contributed by atoms with Crippen molar-refractivity contribution < 1.29 is 4.79 Å². The lowest BCUT2D eigenvalue weighted by atomic mass is 10.1. The number of hydrogen-bond donors (Lipinski definition) is 1. The Balaban J connectivity index is 2.25. The number of carbonyl (C=O) groups excluding carboxylic acids is 1. The van der Waals surface area contributed by atoms with Crippen LogP contribution in [0.15, 0.2) is 0 Å². The number of carbonyl (C=O) groups is 1. The third kappa shape index (κ3) is 5.91. The van der Waals surface area contributed by atoms with Gasteiger partial charge in [0.1, 0.15) is 0 Å². The number of nitrogens with one attached hydrogen (secondary N) is 1. The predicted molar refractivity (Wildman–Crippen MR) is 80.3 cm³/mol. The summed E-state index contributed by atoms with van der Waals surface area (Å²) >= 11 is 0. The standard InChI is InChI=1S/C15H31N3O/c1-6-13(2)17-9-11-18(12-10-17)14(19)7-8-16-15(3,4)5/h13,16H,6-12H2,1-5H3. The van der Waals surface area contributed by atoms with Gasteiger partial charge in [-0.2, -0.15) is 0 Å². The van der Waals surface area contributed by atoms with Gasteiger partial charge in [0.2, 0.25) is 5.91 Å². The van der Waals surface area contributed by atoms with E-state index in [2.05, 4.69) is 44.8 Å². The Hall–Kier alpha value is -0.610. The van der Waals surface area contributed by atoms with E-state index >= 15 is 0 Å². The Morgan fingerprint density at radius 3 is 2.26 bits per heavy atom. The zero-order valence-corrected chi connectivity index (χ0v) is 13.3. The average Bonchev–Trinajstić information content (AvgIpc) is 2.36. The molecule has 0 aliphatic carbocycles. The summed E-state index contributed by atoms with van der Waals surface area (Å²) in [5.41, 5.74) is 0.0928. The number of hydrogen-bond acceptors (Lipinski definition) is 3. The van der Waals surface area contributed by atoms with E-state index in [1.165, 1.54) is 6.42 Å². The SMILES string of the molecule is CCC(C)N1CCN(C(=O)CCNC(C)(C)C)CC1. The molecule has 0 spiro atoms. The molecule has 1 amide bonds. The van der Waals surface area contributed by atoms with Gasteiger partial charge in [-0.05, 0) is 34.1 Å². The van der Waals surface area contributed by atoms with Crippen molar-refractivity contribution in [2.45, 2.75) is 59.0 Å². The molecule has 0 bridgehead atoms. The van der Waals surface area contributed by atoms with Crippen molar-refractivity contribution in [3.05, 3.63) is 0 Å². The van der Waals surface area contributed by atoms with Crippen LogP contribution in [0.2, 0.25) is 0 Å². The van der Waals surface area contributed by atoms with Gasteiger partial charge in [-0.25, -0.2) is 0 Å². The number of nitrogens with zero attached hydrogens (tertiary/aromatic N) is 2.